The second-order valence-corrected chi connectivity index (χ2v) is 6.20. The van der Waals surface area contributed by atoms with E-state index in [9.17, 15) is 14.0 Å². The molecular weight excluding hydrogens is 309 g/mol. The summed E-state index contributed by atoms with van der Waals surface area (Å²) >= 11 is 0. The summed E-state index contributed by atoms with van der Waals surface area (Å²) in [7, 11) is 0. The first-order chi connectivity index (χ1) is 11.5. The van der Waals surface area contributed by atoms with Crippen LogP contribution in [0.25, 0.3) is 5.69 Å². The maximum absolute atomic E-state index is 13.1. The fourth-order valence-electron chi connectivity index (χ4n) is 3.23. The van der Waals surface area contributed by atoms with Gasteiger partial charge in [-0.05, 0) is 63.4 Å². The number of ether oxygens (including phenoxy) is 1. The van der Waals surface area contributed by atoms with Crippen LogP contribution in [0, 0.1) is 19.7 Å². The molecule has 2 aromatic rings. The van der Waals surface area contributed by atoms with Gasteiger partial charge >= 0.3 is 5.97 Å². The number of carbonyl (C=O) groups excluding carboxylic acids is 2. The van der Waals surface area contributed by atoms with E-state index in [2.05, 4.69) is 0 Å². The summed E-state index contributed by atoms with van der Waals surface area (Å²) in [6.45, 7) is 3.69. The number of hydrogen-bond acceptors (Lipinski definition) is 3. The Morgan fingerprint density at radius 2 is 1.92 bits per heavy atom. The number of halogens is 1. The zero-order chi connectivity index (χ0) is 17.3. The molecule has 1 unspecified atom stereocenters. The quantitative estimate of drug-likeness (QED) is 0.802. The van der Waals surface area contributed by atoms with Gasteiger partial charge in [0.25, 0.3) is 0 Å². The molecule has 1 aromatic carbocycles. The first-order valence-electron chi connectivity index (χ1n) is 8.16. The number of ketones is 1. The second-order valence-electron chi connectivity index (χ2n) is 6.20. The number of esters is 1. The number of Topliss-reactive ketones (excluding diaryl/α,β-unsaturated/α-hetero) is 1. The third kappa shape index (κ3) is 3.11. The van der Waals surface area contributed by atoms with Crippen LogP contribution in [-0.4, -0.2) is 22.4 Å². The van der Waals surface area contributed by atoms with Gasteiger partial charge in [-0.3, -0.25) is 4.79 Å². The number of aromatic nitrogens is 1. The smallest absolute Gasteiger partial charge is 0.340 e. The third-order valence-electron chi connectivity index (χ3n) is 4.48. The van der Waals surface area contributed by atoms with Gasteiger partial charge in [-0.1, -0.05) is 0 Å². The van der Waals surface area contributed by atoms with Crippen LogP contribution in [0.1, 0.15) is 47.4 Å². The minimum Gasteiger partial charge on any atom is -0.451 e. The van der Waals surface area contributed by atoms with Crippen molar-refractivity contribution in [2.45, 2.75) is 45.6 Å². The lowest BCUT2D eigenvalue weighted by molar-refractivity contribution is -0.129. The predicted molar refractivity (Wildman–Crippen MR) is 87.9 cm³/mol. The zero-order valence-corrected chi connectivity index (χ0v) is 13.8. The van der Waals surface area contributed by atoms with Gasteiger partial charge in [0.2, 0.25) is 0 Å². The highest BCUT2D eigenvalue weighted by atomic mass is 19.1. The molecule has 0 radical (unpaired) electrons. The molecule has 1 aromatic heterocycles. The zero-order valence-electron chi connectivity index (χ0n) is 13.8. The average molecular weight is 329 g/mol. The van der Waals surface area contributed by atoms with Crippen molar-refractivity contribution >= 4 is 11.8 Å². The molecule has 3 rings (SSSR count). The van der Waals surface area contributed by atoms with Crippen LogP contribution in [-0.2, 0) is 9.53 Å². The number of nitrogens with zero attached hydrogens (tertiary/aromatic N) is 1. The summed E-state index contributed by atoms with van der Waals surface area (Å²) in [4.78, 5) is 24.3. The van der Waals surface area contributed by atoms with Crippen LogP contribution in [0.15, 0.2) is 30.3 Å². The van der Waals surface area contributed by atoms with Gasteiger partial charge in [-0.25, -0.2) is 9.18 Å². The Balaban J connectivity index is 1.86. The lowest BCUT2D eigenvalue weighted by Crippen LogP contribution is -2.30. The molecule has 1 aliphatic rings. The standard InChI is InChI=1S/C19H20FNO3/c1-12-11-16(19(23)24-18-6-4-3-5-17(18)22)13(2)21(12)15-9-7-14(20)8-10-15/h7-11,18H,3-6H2,1-2H3. The normalized spacial score (nSPS) is 17.8. The van der Waals surface area contributed by atoms with Crippen molar-refractivity contribution in [2.75, 3.05) is 0 Å². The van der Waals surface area contributed by atoms with E-state index in [1.54, 1.807) is 18.2 Å². The number of rotatable bonds is 3. The Morgan fingerprint density at radius 3 is 2.58 bits per heavy atom. The molecular formula is C19H20FNO3. The molecule has 1 fully saturated rings. The van der Waals surface area contributed by atoms with E-state index in [0.29, 0.717) is 24.1 Å². The molecule has 0 saturated heterocycles. The molecule has 0 aliphatic heterocycles. The fraction of sp³-hybridized carbons (Fsp3) is 0.368. The lowest BCUT2D eigenvalue weighted by Gasteiger charge is -2.20. The van der Waals surface area contributed by atoms with Gasteiger partial charge in [0, 0.05) is 23.5 Å². The molecule has 1 saturated carbocycles. The Kier molecular flexibility index (Phi) is 4.51. The van der Waals surface area contributed by atoms with Crippen LogP contribution < -0.4 is 0 Å². The number of hydrogen-bond donors (Lipinski definition) is 0. The van der Waals surface area contributed by atoms with Gasteiger partial charge in [-0.2, -0.15) is 0 Å². The van der Waals surface area contributed by atoms with Gasteiger partial charge in [0.05, 0.1) is 5.56 Å². The van der Waals surface area contributed by atoms with Crippen molar-refractivity contribution in [3.8, 4) is 5.69 Å². The van der Waals surface area contributed by atoms with Gasteiger partial charge in [-0.15, -0.1) is 0 Å². The molecule has 24 heavy (non-hydrogen) atoms. The topological polar surface area (TPSA) is 48.3 Å². The highest BCUT2D eigenvalue weighted by molar-refractivity contribution is 5.94. The van der Waals surface area contributed by atoms with Gasteiger partial charge < -0.3 is 9.30 Å². The van der Waals surface area contributed by atoms with Crippen LogP contribution in [0.4, 0.5) is 4.39 Å². The molecule has 126 valence electrons. The molecule has 4 nitrogen and oxygen atoms in total. The Labute approximate surface area is 140 Å². The maximum atomic E-state index is 13.1. The molecule has 0 amide bonds. The molecule has 1 heterocycles. The SMILES string of the molecule is Cc1cc(C(=O)OC2CCCCC2=O)c(C)n1-c1ccc(F)cc1. The monoisotopic (exact) mass is 329 g/mol. The molecule has 5 heteroatoms. The van der Waals surface area contributed by atoms with E-state index in [1.807, 2.05) is 18.4 Å². The molecule has 1 atom stereocenters. The average Bonchev–Trinajstić information content (AvgIpc) is 2.85. The third-order valence-corrected chi connectivity index (χ3v) is 4.48. The van der Waals surface area contributed by atoms with E-state index in [0.717, 1.165) is 24.2 Å². The minimum atomic E-state index is -0.625. The Bertz CT molecular complexity index is 777. The minimum absolute atomic E-state index is 0.00180. The Morgan fingerprint density at radius 1 is 1.21 bits per heavy atom. The largest absolute Gasteiger partial charge is 0.451 e. The summed E-state index contributed by atoms with van der Waals surface area (Å²) in [5.74, 6) is -0.782. The van der Waals surface area contributed by atoms with Gasteiger partial charge in [0.15, 0.2) is 11.9 Å². The summed E-state index contributed by atoms with van der Waals surface area (Å²) < 4.78 is 20.4. The maximum Gasteiger partial charge on any atom is 0.340 e. The molecule has 0 spiro atoms. The predicted octanol–water partition coefficient (Wildman–Crippen LogP) is 3.90. The number of carbonyl (C=O) groups is 2. The van der Waals surface area contributed by atoms with Crippen molar-refractivity contribution in [2.24, 2.45) is 0 Å². The van der Waals surface area contributed by atoms with Crippen LogP contribution in [0.3, 0.4) is 0 Å². The summed E-state index contributed by atoms with van der Waals surface area (Å²) in [6, 6.07) is 7.83. The number of benzene rings is 1. The molecule has 1 aliphatic carbocycles. The van der Waals surface area contributed by atoms with Crippen LogP contribution in [0.2, 0.25) is 0 Å². The van der Waals surface area contributed by atoms with E-state index in [-0.39, 0.29) is 11.6 Å². The van der Waals surface area contributed by atoms with E-state index in [4.69, 9.17) is 4.74 Å². The van der Waals surface area contributed by atoms with E-state index in [1.165, 1.54) is 12.1 Å². The fourth-order valence-corrected chi connectivity index (χ4v) is 3.23. The lowest BCUT2D eigenvalue weighted by atomic mass is 9.96. The van der Waals surface area contributed by atoms with E-state index < -0.39 is 12.1 Å². The first-order valence-corrected chi connectivity index (χ1v) is 8.16. The summed E-state index contributed by atoms with van der Waals surface area (Å²) in [5, 5.41) is 0. The molecule has 0 bridgehead atoms. The highest BCUT2D eigenvalue weighted by Crippen LogP contribution is 2.24. The van der Waals surface area contributed by atoms with Crippen molar-refractivity contribution in [1.29, 1.82) is 0 Å². The molecule has 0 N–H and O–H groups in total. The van der Waals surface area contributed by atoms with Gasteiger partial charge in [0.1, 0.15) is 5.82 Å². The first kappa shape index (κ1) is 16.4. The number of aryl methyl sites for hydroxylation is 1. The van der Waals surface area contributed by atoms with Crippen molar-refractivity contribution in [3.05, 3.63) is 53.1 Å². The van der Waals surface area contributed by atoms with Crippen molar-refractivity contribution in [3.63, 3.8) is 0 Å². The van der Waals surface area contributed by atoms with Crippen LogP contribution in [0.5, 0.6) is 0 Å². The van der Waals surface area contributed by atoms with Crippen molar-refractivity contribution < 1.29 is 18.7 Å². The van der Waals surface area contributed by atoms with Crippen LogP contribution >= 0.6 is 0 Å². The summed E-state index contributed by atoms with van der Waals surface area (Å²) in [6.07, 6.45) is 2.22. The summed E-state index contributed by atoms with van der Waals surface area (Å²) in [5.41, 5.74) is 2.78. The second kappa shape index (κ2) is 6.59. The highest BCUT2D eigenvalue weighted by Gasteiger charge is 2.28. The van der Waals surface area contributed by atoms with Crippen molar-refractivity contribution in [1.82, 2.24) is 4.57 Å². The van der Waals surface area contributed by atoms with E-state index >= 15 is 0 Å². The Hall–Kier alpha value is -2.43.